The average molecular weight is 570 g/mol. The Morgan fingerprint density at radius 1 is 0.923 bits per heavy atom. The number of amides is 2. The molecule has 0 saturated heterocycles. The third-order valence-corrected chi connectivity index (χ3v) is 5.40. The summed E-state index contributed by atoms with van der Waals surface area (Å²) in [6.45, 7) is 3.83. The Kier molecular flexibility index (Phi) is 9.04. The summed E-state index contributed by atoms with van der Waals surface area (Å²) >= 11 is 0. The number of halogens is 9. The number of hydrogen-bond donors (Lipinski definition) is 2. The van der Waals surface area contributed by atoms with Gasteiger partial charge in [-0.05, 0) is 61.7 Å². The summed E-state index contributed by atoms with van der Waals surface area (Å²) in [6.07, 6.45) is -15.2. The topological polar surface area (TPSA) is 69.6 Å². The van der Waals surface area contributed by atoms with E-state index in [1.54, 1.807) is 0 Å². The Bertz CT molecular complexity index is 1230. The van der Waals surface area contributed by atoms with Crippen LogP contribution in [0.25, 0.3) is 6.08 Å². The van der Waals surface area contributed by atoms with E-state index in [-0.39, 0.29) is 11.6 Å². The second-order valence-electron chi connectivity index (χ2n) is 9.39. The van der Waals surface area contributed by atoms with Gasteiger partial charge in [0.1, 0.15) is 0 Å². The average Bonchev–Trinajstić information content (AvgIpc) is 2.77. The largest absolute Gasteiger partial charge is 0.465 e. The smallest absolute Gasteiger partial charge is 0.416 e. The Morgan fingerprint density at radius 2 is 1.54 bits per heavy atom. The molecule has 0 aliphatic rings. The van der Waals surface area contributed by atoms with Gasteiger partial charge >= 0.3 is 24.6 Å². The van der Waals surface area contributed by atoms with E-state index in [0.717, 1.165) is 35.2 Å². The second-order valence-corrected chi connectivity index (χ2v) is 9.39. The number of benzene rings is 2. The lowest BCUT2D eigenvalue weighted by Crippen LogP contribution is -2.44. The van der Waals surface area contributed by atoms with Crippen LogP contribution in [-0.2, 0) is 23.7 Å². The fourth-order valence-electron chi connectivity index (χ4n) is 3.47. The third kappa shape index (κ3) is 8.65. The first-order valence-corrected chi connectivity index (χ1v) is 11.0. The lowest BCUT2D eigenvalue weighted by Gasteiger charge is -2.34. The minimum atomic E-state index is -5.19. The van der Waals surface area contributed by atoms with Crippen molar-refractivity contribution < 1.29 is 54.2 Å². The molecule has 0 bridgehead atoms. The first-order valence-electron chi connectivity index (χ1n) is 11.0. The number of carbonyl (C=O) groups excluding carboxylic acids is 1. The molecule has 0 spiro atoms. The minimum absolute atomic E-state index is 0.231. The molecule has 5 nitrogen and oxygen atoms in total. The van der Waals surface area contributed by atoms with Gasteiger partial charge in [0.05, 0.1) is 17.7 Å². The second kappa shape index (κ2) is 11.2. The standard InChI is InChI=1S/C25H23F9N2O3/c1-22(2,3)36(21(38)39)13-16-9-7-14(11-18(16)24(29,30)31)8-10-19(37)35-20(25(32,33)34)15-5-4-6-17(12-15)23(26,27)28/h4-12,20H,13H2,1-3H3,(H,35,37)(H,38,39)/b10-8+. The Balaban J connectivity index is 2.35. The molecule has 2 rings (SSSR count). The fraction of sp³-hybridized carbons (Fsp3) is 0.360. The lowest BCUT2D eigenvalue weighted by atomic mass is 10.00. The van der Waals surface area contributed by atoms with Crippen molar-refractivity contribution in [3.8, 4) is 0 Å². The molecule has 2 aromatic carbocycles. The van der Waals surface area contributed by atoms with Crippen molar-refractivity contribution in [1.29, 1.82) is 0 Å². The number of nitrogens with zero attached hydrogens (tertiary/aromatic N) is 1. The van der Waals surface area contributed by atoms with Crippen LogP contribution in [0.2, 0.25) is 0 Å². The zero-order chi connectivity index (χ0) is 30.0. The SMILES string of the molecule is CC(C)(C)N(Cc1ccc(/C=C/C(=O)NC(c2cccc(C(F)(F)F)c2)C(F)(F)F)cc1C(F)(F)F)C(=O)O. The van der Waals surface area contributed by atoms with E-state index in [9.17, 15) is 54.2 Å². The van der Waals surface area contributed by atoms with Crippen LogP contribution in [-0.4, -0.2) is 33.7 Å². The van der Waals surface area contributed by atoms with E-state index < -0.39 is 70.9 Å². The fourth-order valence-corrected chi connectivity index (χ4v) is 3.47. The van der Waals surface area contributed by atoms with Crippen molar-refractivity contribution in [2.45, 2.75) is 57.4 Å². The minimum Gasteiger partial charge on any atom is -0.465 e. The van der Waals surface area contributed by atoms with Gasteiger partial charge in [0.2, 0.25) is 5.91 Å². The zero-order valence-electron chi connectivity index (χ0n) is 20.6. The van der Waals surface area contributed by atoms with Crippen molar-refractivity contribution in [1.82, 2.24) is 10.2 Å². The number of carboxylic acid groups (broad SMARTS) is 1. The Labute approximate surface area is 216 Å². The summed E-state index contributed by atoms with van der Waals surface area (Å²) in [5.74, 6) is -1.43. The van der Waals surface area contributed by atoms with Gasteiger partial charge in [-0.1, -0.05) is 24.3 Å². The van der Waals surface area contributed by atoms with Crippen LogP contribution in [0.3, 0.4) is 0 Å². The van der Waals surface area contributed by atoms with Crippen LogP contribution >= 0.6 is 0 Å². The first kappa shape index (κ1) is 31.5. The van der Waals surface area contributed by atoms with Gasteiger partial charge in [-0.25, -0.2) is 4.79 Å². The van der Waals surface area contributed by atoms with Gasteiger partial charge < -0.3 is 10.4 Å². The van der Waals surface area contributed by atoms with E-state index in [0.29, 0.717) is 18.2 Å². The maximum atomic E-state index is 13.7. The molecule has 1 unspecified atom stereocenters. The Hall–Kier alpha value is -3.71. The highest BCUT2D eigenvalue weighted by molar-refractivity contribution is 5.92. The van der Waals surface area contributed by atoms with Crippen LogP contribution in [0.15, 0.2) is 48.5 Å². The van der Waals surface area contributed by atoms with E-state index in [1.807, 2.05) is 0 Å². The molecule has 14 heteroatoms. The molecular weight excluding hydrogens is 547 g/mol. The van der Waals surface area contributed by atoms with Gasteiger partial charge in [-0.3, -0.25) is 9.69 Å². The van der Waals surface area contributed by atoms with E-state index in [4.69, 9.17) is 0 Å². The van der Waals surface area contributed by atoms with Gasteiger partial charge in [-0.2, -0.15) is 39.5 Å². The van der Waals surface area contributed by atoms with Gasteiger partial charge in [0, 0.05) is 11.6 Å². The summed E-state index contributed by atoms with van der Waals surface area (Å²) in [5.41, 5.74) is -5.18. The molecule has 0 aliphatic carbocycles. The van der Waals surface area contributed by atoms with E-state index in [2.05, 4.69) is 0 Å². The lowest BCUT2D eigenvalue weighted by molar-refractivity contribution is -0.162. The van der Waals surface area contributed by atoms with E-state index in [1.165, 1.54) is 26.1 Å². The molecule has 0 fully saturated rings. The highest BCUT2D eigenvalue weighted by Gasteiger charge is 2.43. The summed E-state index contributed by atoms with van der Waals surface area (Å²) < 4.78 is 121. The molecule has 1 atom stereocenters. The molecule has 0 radical (unpaired) electrons. The van der Waals surface area contributed by atoms with Gasteiger partial charge in [-0.15, -0.1) is 0 Å². The van der Waals surface area contributed by atoms with Crippen molar-refractivity contribution in [2.24, 2.45) is 0 Å². The van der Waals surface area contributed by atoms with Gasteiger partial charge in [0.25, 0.3) is 0 Å². The normalized spacial score (nSPS) is 13.8. The van der Waals surface area contributed by atoms with Crippen LogP contribution in [0.5, 0.6) is 0 Å². The number of nitrogens with one attached hydrogen (secondary N) is 1. The quantitative estimate of drug-likeness (QED) is 0.280. The van der Waals surface area contributed by atoms with Crippen molar-refractivity contribution in [3.05, 3.63) is 76.4 Å². The zero-order valence-corrected chi connectivity index (χ0v) is 20.6. The highest BCUT2D eigenvalue weighted by atomic mass is 19.4. The number of carbonyl (C=O) groups is 2. The first-order chi connectivity index (χ1) is 17.6. The third-order valence-electron chi connectivity index (χ3n) is 5.40. The summed E-state index contributed by atoms with van der Waals surface area (Å²) in [4.78, 5) is 24.5. The van der Waals surface area contributed by atoms with Gasteiger partial charge in [0.15, 0.2) is 6.04 Å². The van der Waals surface area contributed by atoms with Crippen molar-refractivity contribution in [2.75, 3.05) is 0 Å². The molecule has 214 valence electrons. The molecule has 0 heterocycles. The predicted octanol–water partition coefficient (Wildman–Crippen LogP) is 7.44. The molecule has 0 saturated carbocycles. The number of alkyl halides is 9. The van der Waals surface area contributed by atoms with Crippen LogP contribution in [0.4, 0.5) is 44.3 Å². The number of hydrogen-bond acceptors (Lipinski definition) is 2. The molecule has 0 aromatic heterocycles. The van der Waals surface area contributed by atoms with Crippen molar-refractivity contribution in [3.63, 3.8) is 0 Å². The van der Waals surface area contributed by atoms with Crippen LogP contribution < -0.4 is 5.32 Å². The summed E-state index contributed by atoms with van der Waals surface area (Å²) in [5, 5.41) is 10.9. The van der Waals surface area contributed by atoms with Crippen LogP contribution in [0.1, 0.15) is 54.6 Å². The maximum Gasteiger partial charge on any atom is 0.416 e. The molecule has 2 amide bonds. The Morgan fingerprint density at radius 3 is 2.03 bits per heavy atom. The summed E-state index contributed by atoms with van der Waals surface area (Å²) in [6, 6.07) is 2.11. The molecule has 0 aliphatic heterocycles. The monoisotopic (exact) mass is 570 g/mol. The summed E-state index contributed by atoms with van der Waals surface area (Å²) in [7, 11) is 0. The number of rotatable bonds is 6. The van der Waals surface area contributed by atoms with Crippen molar-refractivity contribution >= 4 is 18.1 Å². The van der Waals surface area contributed by atoms with Crippen LogP contribution in [0, 0.1) is 0 Å². The predicted molar refractivity (Wildman–Crippen MR) is 122 cm³/mol. The maximum absolute atomic E-state index is 13.7. The molecule has 2 aromatic rings. The highest BCUT2D eigenvalue weighted by Crippen LogP contribution is 2.37. The van der Waals surface area contributed by atoms with E-state index >= 15 is 0 Å². The molecule has 2 N–H and O–H groups in total. The molecular formula is C25H23F9N2O3. The molecule has 39 heavy (non-hydrogen) atoms.